The summed E-state index contributed by atoms with van der Waals surface area (Å²) in [5.74, 6) is 2.37. The molecule has 86 valence electrons. The molecule has 0 spiro atoms. The van der Waals surface area contributed by atoms with Crippen LogP contribution in [0.3, 0.4) is 0 Å². The van der Waals surface area contributed by atoms with E-state index in [1.807, 2.05) is 12.1 Å². The molecule has 0 aromatic heterocycles. The molecule has 0 saturated carbocycles. The molecular weight excluding hydrogens is 201 g/mol. The van der Waals surface area contributed by atoms with Crippen LogP contribution in [-0.2, 0) is 0 Å². The van der Waals surface area contributed by atoms with E-state index >= 15 is 0 Å². The fourth-order valence-electron chi connectivity index (χ4n) is 1.67. The van der Waals surface area contributed by atoms with Crippen LogP contribution in [0.5, 0.6) is 0 Å². The second-order valence-electron chi connectivity index (χ2n) is 3.83. The number of hydrogen-bond acceptors (Lipinski definition) is 1. The van der Waals surface area contributed by atoms with Crippen LogP contribution in [0, 0.1) is 18.2 Å². The maximum Gasteiger partial charge on any atom is 0.123 e. The van der Waals surface area contributed by atoms with Crippen molar-refractivity contribution in [1.82, 2.24) is 5.32 Å². The standard InChI is InChI=1S/C14H18FN/c1-3-5-6-14(16-11-4-2)12-7-9-13(15)10-8-12/h2,7-10,14,16H,3,5-6,11H2,1H3. The first-order valence-electron chi connectivity index (χ1n) is 5.70. The molecule has 1 aromatic carbocycles. The van der Waals surface area contributed by atoms with Crippen LogP contribution < -0.4 is 5.32 Å². The molecule has 1 aromatic rings. The Morgan fingerprint density at radius 2 is 2.06 bits per heavy atom. The minimum absolute atomic E-state index is 0.199. The molecule has 16 heavy (non-hydrogen) atoms. The van der Waals surface area contributed by atoms with E-state index in [0.717, 1.165) is 24.8 Å². The predicted octanol–water partition coefficient (Wildman–Crippen LogP) is 3.28. The Morgan fingerprint density at radius 3 is 2.62 bits per heavy atom. The lowest BCUT2D eigenvalue weighted by Crippen LogP contribution is -2.21. The summed E-state index contributed by atoms with van der Waals surface area (Å²) in [6.07, 6.45) is 8.55. The number of benzene rings is 1. The van der Waals surface area contributed by atoms with Gasteiger partial charge in [-0.1, -0.05) is 37.8 Å². The molecule has 0 saturated heterocycles. The van der Waals surface area contributed by atoms with Crippen molar-refractivity contribution in [3.63, 3.8) is 0 Å². The van der Waals surface area contributed by atoms with Gasteiger partial charge in [-0.15, -0.1) is 6.42 Å². The molecule has 0 amide bonds. The van der Waals surface area contributed by atoms with Crippen molar-refractivity contribution in [1.29, 1.82) is 0 Å². The summed E-state index contributed by atoms with van der Waals surface area (Å²) in [6, 6.07) is 6.85. The SMILES string of the molecule is C#CCNC(CCCC)c1ccc(F)cc1. The first-order valence-corrected chi connectivity index (χ1v) is 5.70. The first kappa shape index (κ1) is 12.7. The Bertz CT molecular complexity index is 337. The third kappa shape index (κ3) is 4.04. The number of nitrogens with one attached hydrogen (secondary N) is 1. The molecule has 1 N–H and O–H groups in total. The van der Waals surface area contributed by atoms with Crippen LogP contribution in [-0.4, -0.2) is 6.54 Å². The highest BCUT2D eigenvalue weighted by molar-refractivity contribution is 5.20. The van der Waals surface area contributed by atoms with Crippen molar-refractivity contribution >= 4 is 0 Å². The van der Waals surface area contributed by atoms with Gasteiger partial charge in [0.05, 0.1) is 6.54 Å². The highest BCUT2D eigenvalue weighted by atomic mass is 19.1. The van der Waals surface area contributed by atoms with Gasteiger partial charge in [0.15, 0.2) is 0 Å². The quantitative estimate of drug-likeness (QED) is 0.724. The smallest absolute Gasteiger partial charge is 0.123 e. The van der Waals surface area contributed by atoms with Crippen molar-refractivity contribution in [2.75, 3.05) is 6.54 Å². The van der Waals surface area contributed by atoms with E-state index in [9.17, 15) is 4.39 Å². The molecule has 1 unspecified atom stereocenters. The van der Waals surface area contributed by atoms with Gasteiger partial charge >= 0.3 is 0 Å². The van der Waals surface area contributed by atoms with Gasteiger partial charge in [-0.25, -0.2) is 4.39 Å². The van der Waals surface area contributed by atoms with Gasteiger partial charge in [-0.2, -0.15) is 0 Å². The van der Waals surface area contributed by atoms with Gasteiger partial charge < -0.3 is 0 Å². The average molecular weight is 219 g/mol. The largest absolute Gasteiger partial charge is 0.299 e. The molecule has 0 aliphatic rings. The number of hydrogen-bond donors (Lipinski definition) is 1. The molecule has 1 rings (SSSR count). The number of terminal acetylenes is 1. The van der Waals surface area contributed by atoms with Gasteiger partial charge in [0.2, 0.25) is 0 Å². The Morgan fingerprint density at radius 1 is 1.38 bits per heavy atom. The fraction of sp³-hybridized carbons (Fsp3) is 0.429. The summed E-state index contributed by atoms with van der Waals surface area (Å²) in [4.78, 5) is 0. The number of unbranched alkanes of at least 4 members (excludes halogenated alkanes) is 1. The monoisotopic (exact) mass is 219 g/mol. The van der Waals surface area contributed by atoms with Crippen molar-refractivity contribution in [2.24, 2.45) is 0 Å². The predicted molar refractivity (Wildman–Crippen MR) is 65.5 cm³/mol. The van der Waals surface area contributed by atoms with Crippen molar-refractivity contribution in [2.45, 2.75) is 32.2 Å². The maximum atomic E-state index is 12.8. The Labute approximate surface area is 97.1 Å². The first-order chi connectivity index (χ1) is 7.77. The third-order valence-electron chi connectivity index (χ3n) is 2.57. The lowest BCUT2D eigenvalue weighted by Gasteiger charge is -2.17. The van der Waals surface area contributed by atoms with E-state index in [4.69, 9.17) is 6.42 Å². The van der Waals surface area contributed by atoms with Crippen molar-refractivity contribution < 1.29 is 4.39 Å². The van der Waals surface area contributed by atoms with Gasteiger partial charge in [0, 0.05) is 6.04 Å². The van der Waals surface area contributed by atoms with Crippen LogP contribution >= 0.6 is 0 Å². The summed E-state index contributed by atoms with van der Waals surface area (Å²) in [7, 11) is 0. The van der Waals surface area contributed by atoms with Crippen LogP contribution in [0.1, 0.15) is 37.8 Å². The van der Waals surface area contributed by atoms with Gasteiger partial charge in [-0.05, 0) is 24.1 Å². The van der Waals surface area contributed by atoms with E-state index in [1.165, 1.54) is 12.1 Å². The fourth-order valence-corrected chi connectivity index (χ4v) is 1.67. The zero-order valence-electron chi connectivity index (χ0n) is 9.67. The summed E-state index contributed by atoms with van der Waals surface area (Å²) >= 11 is 0. The highest BCUT2D eigenvalue weighted by Crippen LogP contribution is 2.19. The molecule has 0 aliphatic carbocycles. The zero-order valence-corrected chi connectivity index (χ0v) is 9.67. The molecule has 0 aliphatic heterocycles. The summed E-state index contributed by atoms with van der Waals surface area (Å²) in [5, 5.41) is 3.28. The van der Waals surface area contributed by atoms with E-state index in [2.05, 4.69) is 18.2 Å². The van der Waals surface area contributed by atoms with Crippen LogP contribution in [0.4, 0.5) is 4.39 Å². The topological polar surface area (TPSA) is 12.0 Å². The minimum atomic E-state index is -0.199. The normalized spacial score (nSPS) is 12.1. The third-order valence-corrected chi connectivity index (χ3v) is 2.57. The highest BCUT2D eigenvalue weighted by Gasteiger charge is 2.09. The lowest BCUT2D eigenvalue weighted by atomic mass is 10.0. The Kier molecular flexibility index (Phi) is 5.60. The van der Waals surface area contributed by atoms with Crippen molar-refractivity contribution in [3.8, 4) is 12.3 Å². The van der Waals surface area contributed by atoms with Crippen LogP contribution in [0.2, 0.25) is 0 Å². The van der Waals surface area contributed by atoms with Crippen LogP contribution in [0.25, 0.3) is 0 Å². The molecule has 1 atom stereocenters. The molecule has 2 heteroatoms. The minimum Gasteiger partial charge on any atom is -0.299 e. The van der Waals surface area contributed by atoms with Crippen LogP contribution in [0.15, 0.2) is 24.3 Å². The Hall–Kier alpha value is -1.33. The number of halogens is 1. The molecule has 1 nitrogen and oxygen atoms in total. The lowest BCUT2D eigenvalue weighted by molar-refractivity contribution is 0.506. The number of rotatable bonds is 6. The van der Waals surface area contributed by atoms with Gasteiger partial charge in [-0.3, -0.25) is 5.32 Å². The molecule has 0 radical (unpaired) electrons. The average Bonchev–Trinajstić information content (AvgIpc) is 2.31. The maximum absolute atomic E-state index is 12.8. The second-order valence-corrected chi connectivity index (χ2v) is 3.83. The summed E-state index contributed by atoms with van der Waals surface area (Å²) < 4.78 is 12.8. The summed E-state index contributed by atoms with van der Waals surface area (Å²) in [6.45, 7) is 2.70. The van der Waals surface area contributed by atoms with Gasteiger partial charge in [0.1, 0.15) is 5.82 Å². The van der Waals surface area contributed by atoms with E-state index < -0.39 is 0 Å². The molecule has 0 fully saturated rings. The van der Waals surface area contributed by atoms with Gasteiger partial charge in [0.25, 0.3) is 0 Å². The molecule has 0 heterocycles. The van der Waals surface area contributed by atoms with E-state index in [1.54, 1.807) is 0 Å². The molecular formula is C14H18FN. The van der Waals surface area contributed by atoms with Crippen molar-refractivity contribution in [3.05, 3.63) is 35.6 Å². The zero-order chi connectivity index (χ0) is 11.8. The Balaban J connectivity index is 2.67. The van der Waals surface area contributed by atoms with E-state index in [0.29, 0.717) is 6.54 Å². The molecule has 0 bridgehead atoms. The summed E-state index contributed by atoms with van der Waals surface area (Å²) in [5.41, 5.74) is 1.10. The second kappa shape index (κ2) is 7.03. The van der Waals surface area contributed by atoms with E-state index in [-0.39, 0.29) is 11.9 Å².